The maximum absolute atomic E-state index is 12.1. The number of benzene rings is 1. The van der Waals surface area contributed by atoms with Crippen molar-refractivity contribution >= 4 is 42.3 Å². The van der Waals surface area contributed by atoms with Gasteiger partial charge in [-0.2, -0.15) is 0 Å². The Bertz CT molecular complexity index is 674. The lowest BCUT2D eigenvalue weighted by Crippen LogP contribution is -2.57. The third-order valence-electron chi connectivity index (χ3n) is 3.95. The van der Waals surface area contributed by atoms with Crippen LogP contribution in [0.15, 0.2) is 24.3 Å². The summed E-state index contributed by atoms with van der Waals surface area (Å²) in [5, 5.41) is 2.62. The molecule has 29 heavy (non-hydrogen) atoms. The fraction of sp³-hybridized carbons (Fsp3) is 0.529. The van der Waals surface area contributed by atoms with E-state index in [0.717, 1.165) is 12.1 Å². The van der Waals surface area contributed by atoms with Crippen molar-refractivity contribution in [2.24, 2.45) is 5.73 Å². The van der Waals surface area contributed by atoms with E-state index in [1.54, 1.807) is 18.7 Å². The van der Waals surface area contributed by atoms with E-state index in [4.69, 9.17) is 5.73 Å². The molecule has 2 amide bonds. The lowest BCUT2D eigenvalue weighted by Gasteiger charge is -2.37. The van der Waals surface area contributed by atoms with Crippen molar-refractivity contribution in [3.05, 3.63) is 24.3 Å². The maximum atomic E-state index is 12.1. The molecular formula is C17H25Cl2F3N4O3. The predicted molar refractivity (Wildman–Crippen MR) is 108 cm³/mol. The number of halogens is 5. The third kappa shape index (κ3) is 9.07. The van der Waals surface area contributed by atoms with Gasteiger partial charge in [-0.05, 0) is 38.1 Å². The molecule has 1 heterocycles. The maximum Gasteiger partial charge on any atom is 0.573 e. The summed E-state index contributed by atoms with van der Waals surface area (Å²) in [5.41, 5.74) is 5.26. The molecule has 0 bridgehead atoms. The smallest absolute Gasteiger partial charge is 0.406 e. The molecule has 12 heteroatoms. The van der Waals surface area contributed by atoms with Crippen LogP contribution in [0, 0.1) is 0 Å². The van der Waals surface area contributed by atoms with Crippen molar-refractivity contribution in [2.75, 3.05) is 38.0 Å². The molecule has 1 saturated heterocycles. The predicted octanol–water partition coefficient (Wildman–Crippen LogP) is 2.25. The first kappa shape index (κ1) is 27.2. The molecule has 0 unspecified atom stereocenters. The van der Waals surface area contributed by atoms with Gasteiger partial charge in [0.05, 0.1) is 12.1 Å². The molecule has 1 aromatic rings. The summed E-state index contributed by atoms with van der Waals surface area (Å²) in [7, 11) is 0. The molecule has 166 valence electrons. The number of carbonyl (C=O) groups excluding carboxylic acids is 2. The molecule has 1 aliphatic rings. The highest BCUT2D eigenvalue weighted by Crippen LogP contribution is 2.23. The highest BCUT2D eigenvalue weighted by atomic mass is 35.5. The minimum Gasteiger partial charge on any atom is -0.406 e. The number of rotatable bonds is 5. The van der Waals surface area contributed by atoms with E-state index in [1.807, 2.05) is 4.90 Å². The first-order chi connectivity index (χ1) is 12.4. The van der Waals surface area contributed by atoms with Crippen LogP contribution in [0.2, 0.25) is 0 Å². The van der Waals surface area contributed by atoms with Crippen LogP contribution in [0.25, 0.3) is 0 Å². The largest absolute Gasteiger partial charge is 0.573 e. The number of anilines is 1. The van der Waals surface area contributed by atoms with E-state index in [2.05, 4.69) is 10.1 Å². The first-order valence-electron chi connectivity index (χ1n) is 8.40. The van der Waals surface area contributed by atoms with Crippen LogP contribution in [0.4, 0.5) is 18.9 Å². The zero-order valence-corrected chi connectivity index (χ0v) is 17.6. The molecular weight excluding hydrogens is 436 g/mol. The van der Waals surface area contributed by atoms with E-state index in [-0.39, 0.29) is 48.9 Å². The first-order valence-corrected chi connectivity index (χ1v) is 8.40. The number of alkyl halides is 3. The molecule has 0 saturated carbocycles. The van der Waals surface area contributed by atoms with E-state index in [0.29, 0.717) is 31.9 Å². The molecule has 1 fully saturated rings. The fourth-order valence-electron chi connectivity index (χ4n) is 2.66. The number of piperazine rings is 1. The van der Waals surface area contributed by atoms with Gasteiger partial charge in [-0.3, -0.25) is 14.5 Å². The van der Waals surface area contributed by atoms with Crippen molar-refractivity contribution in [3.63, 3.8) is 0 Å². The van der Waals surface area contributed by atoms with Crippen LogP contribution in [-0.2, 0) is 9.59 Å². The number of ether oxygens (including phenoxy) is 1. The van der Waals surface area contributed by atoms with Crippen LogP contribution in [0.3, 0.4) is 0 Å². The SMILES string of the molecule is CC(C)(N)C(=O)N1CCN(CC(=O)Nc2ccc(OC(F)(F)F)cc2)CC1.Cl.Cl. The Hall–Kier alpha value is -1.75. The summed E-state index contributed by atoms with van der Waals surface area (Å²) in [6.07, 6.45) is -4.76. The highest BCUT2D eigenvalue weighted by Gasteiger charge is 2.31. The Kier molecular flexibility index (Phi) is 10.2. The molecule has 7 nitrogen and oxygen atoms in total. The number of nitrogens with two attached hydrogens (primary N) is 1. The highest BCUT2D eigenvalue weighted by molar-refractivity contribution is 5.92. The van der Waals surface area contributed by atoms with Crippen LogP contribution >= 0.6 is 24.8 Å². The Morgan fingerprint density at radius 2 is 1.59 bits per heavy atom. The number of nitrogens with zero attached hydrogens (tertiary/aromatic N) is 2. The van der Waals surface area contributed by atoms with Crippen molar-refractivity contribution in [1.29, 1.82) is 0 Å². The second kappa shape index (κ2) is 10.9. The molecule has 0 atom stereocenters. The van der Waals surface area contributed by atoms with Gasteiger partial charge in [-0.15, -0.1) is 38.0 Å². The molecule has 1 aromatic carbocycles. The standard InChI is InChI=1S/C17H23F3N4O3.2ClH/c1-16(2,21)15(26)24-9-7-23(8-10-24)11-14(25)22-12-3-5-13(6-4-12)27-17(18,19)20;;/h3-6H,7-11,21H2,1-2H3,(H,22,25);2*1H. The van der Waals surface area contributed by atoms with Crippen molar-refractivity contribution in [1.82, 2.24) is 9.80 Å². The van der Waals surface area contributed by atoms with Gasteiger partial charge in [-0.25, -0.2) is 0 Å². The van der Waals surface area contributed by atoms with Gasteiger partial charge in [0, 0.05) is 31.9 Å². The third-order valence-corrected chi connectivity index (χ3v) is 3.95. The zero-order chi connectivity index (χ0) is 20.2. The summed E-state index contributed by atoms with van der Waals surface area (Å²) < 4.78 is 40.2. The summed E-state index contributed by atoms with van der Waals surface area (Å²) >= 11 is 0. The van der Waals surface area contributed by atoms with Gasteiger partial charge < -0.3 is 20.7 Å². The van der Waals surface area contributed by atoms with Crippen LogP contribution in [0.5, 0.6) is 5.75 Å². The quantitative estimate of drug-likeness (QED) is 0.703. The number of nitrogens with one attached hydrogen (secondary N) is 1. The average Bonchev–Trinajstić information content (AvgIpc) is 2.54. The Morgan fingerprint density at radius 1 is 1.07 bits per heavy atom. The Balaban J connectivity index is 0.00000392. The molecule has 0 radical (unpaired) electrons. The molecule has 3 N–H and O–H groups in total. The van der Waals surface area contributed by atoms with Gasteiger partial charge >= 0.3 is 6.36 Å². The Morgan fingerprint density at radius 3 is 2.03 bits per heavy atom. The second-order valence-corrected chi connectivity index (χ2v) is 6.91. The zero-order valence-electron chi connectivity index (χ0n) is 16.0. The molecule has 0 aliphatic carbocycles. The summed E-state index contributed by atoms with van der Waals surface area (Å²) in [5.74, 6) is -0.782. The van der Waals surface area contributed by atoms with E-state index in [1.165, 1.54) is 12.1 Å². The van der Waals surface area contributed by atoms with Gasteiger partial charge in [0.15, 0.2) is 0 Å². The number of carbonyl (C=O) groups is 2. The summed E-state index contributed by atoms with van der Waals surface area (Å²) in [4.78, 5) is 27.8. The summed E-state index contributed by atoms with van der Waals surface area (Å²) in [6, 6.07) is 4.92. The van der Waals surface area contributed by atoms with Crippen molar-refractivity contribution < 1.29 is 27.5 Å². The fourth-order valence-corrected chi connectivity index (χ4v) is 2.66. The van der Waals surface area contributed by atoms with Crippen LogP contribution in [0.1, 0.15) is 13.8 Å². The Labute approximate surface area is 179 Å². The molecule has 1 aliphatic heterocycles. The molecule has 0 aromatic heterocycles. The van der Waals surface area contributed by atoms with Gasteiger partial charge in [0.1, 0.15) is 5.75 Å². The lowest BCUT2D eigenvalue weighted by atomic mass is 10.0. The minimum atomic E-state index is -4.76. The summed E-state index contributed by atoms with van der Waals surface area (Å²) in [6.45, 7) is 5.46. The lowest BCUT2D eigenvalue weighted by molar-refractivity contribution is -0.274. The van der Waals surface area contributed by atoms with Crippen LogP contribution in [-0.4, -0.2) is 66.2 Å². The average molecular weight is 461 g/mol. The van der Waals surface area contributed by atoms with Crippen molar-refractivity contribution in [3.8, 4) is 5.75 Å². The van der Waals surface area contributed by atoms with Gasteiger partial charge in [0.25, 0.3) is 0 Å². The molecule has 0 spiro atoms. The second-order valence-electron chi connectivity index (χ2n) is 6.91. The van der Waals surface area contributed by atoms with E-state index in [9.17, 15) is 22.8 Å². The van der Waals surface area contributed by atoms with Gasteiger partial charge in [0.2, 0.25) is 11.8 Å². The van der Waals surface area contributed by atoms with E-state index >= 15 is 0 Å². The molecule has 2 rings (SSSR count). The monoisotopic (exact) mass is 460 g/mol. The number of amides is 2. The normalized spacial score (nSPS) is 15.0. The van der Waals surface area contributed by atoms with E-state index < -0.39 is 11.9 Å². The number of hydrogen-bond donors (Lipinski definition) is 2. The minimum absolute atomic E-state index is 0. The number of hydrogen-bond acceptors (Lipinski definition) is 5. The van der Waals surface area contributed by atoms with Crippen LogP contribution < -0.4 is 15.8 Å². The van der Waals surface area contributed by atoms with Gasteiger partial charge in [-0.1, -0.05) is 0 Å². The van der Waals surface area contributed by atoms with Crippen molar-refractivity contribution in [2.45, 2.75) is 25.7 Å². The topological polar surface area (TPSA) is 87.9 Å².